The number of aliphatic hydroxyl groups is 3. The number of nitrogens with zero attached hydrogens (tertiary/aromatic N) is 2. The molecule has 19 heteroatoms. The SMILES string of the molecule is CC1CCN(S(=O)(=O)C2C[C@H](CO)C(C3C[C@H](CO)N(S(=O)(=O)C4C[C@H](CO)Cc5ccc(NC(=O)c6c(Cl)cccc6Cl)cc54)C[C@H]3C)c3ccc(NC(=O)c4c(Cl)cccc4Cl)cc32)CC1. The first-order valence-electron chi connectivity index (χ1n) is 23.0. The van der Waals surface area contributed by atoms with Crippen LogP contribution in [0.3, 0.4) is 0 Å². The molecule has 4 aromatic rings. The van der Waals surface area contributed by atoms with Gasteiger partial charge in [-0.1, -0.05) is 84.5 Å². The topological polar surface area (TPSA) is 194 Å². The summed E-state index contributed by atoms with van der Waals surface area (Å²) in [6.45, 7) is 3.69. The lowest BCUT2D eigenvalue weighted by Gasteiger charge is -2.50. The van der Waals surface area contributed by atoms with Gasteiger partial charge in [0.05, 0.1) is 37.8 Å². The van der Waals surface area contributed by atoms with E-state index in [1.165, 1.54) is 8.61 Å². The molecule has 0 bridgehead atoms. The highest BCUT2D eigenvalue weighted by molar-refractivity contribution is 7.89. The fraction of sp³-hybridized carbons (Fsp3) is 0.469. The maximum Gasteiger partial charge on any atom is 0.258 e. The summed E-state index contributed by atoms with van der Waals surface area (Å²) >= 11 is 25.4. The molecule has 0 radical (unpaired) electrons. The second-order valence-corrected chi connectivity index (χ2v) is 24.8. The van der Waals surface area contributed by atoms with Gasteiger partial charge in [-0.2, -0.15) is 4.31 Å². The number of carbonyl (C=O) groups is 2. The van der Waals surface area contributed by atoms with Crippen LogP contribution in [0.25, 0.3) is 0 Å². The van der Waals surface area contributed by atoms with Crippen LogP contribution in [0.2, 0.25) is 20.1 Å². The van der Waals surface area contributed by atoms with Gasteiger partial charge in [-0.25, -0.2) is 21.1 Å². The fourth-order valence-electron chi connectivity index (χ4n) is 11.1. The van der Waals surface area contributed by atoms with Crippen LogP contribution < -0.4 is 10.6 Å². The van der Waals surface area contributed by atoms with Crippen molar-refractivity contribution in [3.05, 3.63) is 126 Å². The van der Waals surface area contributed by atoms with Gasteiger partial charge in [0.1, 0.15) is 10.5 Å². The van der Waals surface area contributed by atoms with Gasteiger partial charge in [-0.05, 0) is 145 Å². The van der Waals surface area contributed by atoms with Crippen molar-refractivity contribution >= 4 is 89.6 Å². The van der Waals surface area contributed by atoms with E-state index in [4.69, 9.17) is 46.4 Å². The minimum atomic E-state index is -4.26. The predicted molar refractivity (Wildman–Crippen MR) is 267 cm³/mol. The molecule has 8 atom stereocenters. The molecule has 0 aromatic heterocycles. The van der Waals surface area contributed by atoms with Gasteiger partial charge >= 0.3 is 0 Å². The van der Waals surface area contributed by atoms with Gasteiger partial charge in [0.25, 0.3) is 11.8 Å². The molecule has 4 unspecified atom stereocenters. The first-order valence-corrected chi connectivity index (χ1v) is 27.5. The zero-order chi connectivity index (χ0) is 48.8. The average molecular weight is 1050 g/mol. The highest BCUT2D eigenvalue weighted by atomic mass is 35.5. The molecular formula is C49H56Cl4N4O9S2. The number of halogens is 4. The van der Waals surface area contributed by atoms with Crippen LogP contribution in [0.15, 0.2) is 72.8 Å². The van der Waals surface area contributed by atoms with E-state index in [0.717, 1.165) is 0 Å². The number of rotatable bonds is 12. The Morgan fingerprint density at radius 3 is 1.75 bits per heavy atom. The van der Waals surface area contributed by atoms with Crippen LogP contribution in [0.4, 0.5) is 11.4 Å². The second kappa shape index (κ2) is 20.8. The Bertz CT molecular complexity index is 2750. The maximum atomic E-state index is 15.2. The van der Waals surface area contributed by atoms with Crippen molar-refractivity contribution in [3.63, 3.8) is 0 Å². The Labute approximate surface area is 418 Å². The molecule has 2 aliphatic heterocycles. The fourth-order valence-corrected chi connectivity index (χ4v) is 16.7. The molecule has 366 valence electrons. The summed E-state index contributed by atoms with van der Waals surface area (Å²) < 4.78 is 62.7. The molecule has 2 fully saturated rings. The number of nitrogens with one attached hydrogen (secondary N) is 2. The summed E-state index contributed by atoms with van der Waals surface area (Å²) in [5, 5.41) is 36.7. The molecule has 2 amide bonds. The molecule has 0 spiro atoms. The van der Waals surface area contributed by atoms with Gasteiger partial charge in [0.2, 0.25) is 20.0 Å². The zero-order valence-electron chi connectivity index (χ0n) is 37.6. The molecule has 8 rings (SSSR count). The Kier molecular flexibility index (Phi) is 15.6. The van der Waals surface area contributed by atoms with Crippen molar-refractivity contribution < 1.29 is 41.7 Å². The monoisotopic (exact) mass is 1050 g/mol. The van der Waals surface area contributed by atoms with Crippen molar-refractivity contribution in [2.75, 3.05) is 50.1 Å². The predicted octanol–water partition coefficient (Wildman–Crippen LogP) is 8.95. The molecule has 4 aromatic carbocycles. The lowest BCUT2D eigenvalue weighted by atomic mass is 9.63. The summed E-state index contributed by atoms with van der Waals surface area (Å²) in [5.41, 5.74) is 3.13. The first-order chi connectivity index (χ1) is 32.4. The van der Waals surface area contributed by atoms with Crippen LogP contribution in [-0.4, -0.2) is 98.1 Å². The van der Waals surface area contributed by atoms with E-state index in [2.05, 4.69) is 17.6 Å². The maximum absolute atomic E-state index is 15.2. The van der Waals surface area contributed by atoms with E-state index in [-0.39, 0.29) is 88.0 Å². The third kappa shape index (κ3) is 9.97. The van der Waals surface area contributed by atoms with E-state index in [1.807, 2.05) is 6.92 Å². The van der Waals surface area contributed by atoms with Gasteiger partial charge in [-0.3, -0.25) is 9.59 Å². The Balaban J connectivity index is 1.12. The number of anilines is 2. The number of hydrogen-bond acceptors (Lipinski definition) is 9. The number of amides is 2. The Hall–Kier alpha value is -3.32. The zero-order valence-corrected chi connectivity index (χ0v) is 42.3. The minimum Gasteiger partial charge on any atom is -0.396 e. The van der Waals surface area contributed by atoms with Crippen molar-refractivity contribution in [1.82, 2.24) is 8.61 Å². The Morgan fingerprint density at radius 1 is 0.662 bits per heavy atom. The molecule has 2 aliphatic carbocycles. The molecule has 2 saturated heterocycles. The summed E-state index contributed by atoms with van der Waals surface area (Å²) in [4.78, 5) is 27.0. The highest BCUT2D eigenvalue weighted by Gasteiger charge is 2.51. The van der Waals surface area contributed by atoms with Crippen LogP contribution in [0.5, 0.6) is 0 Å². The normalized spacial score (nSPS) is 26.1. The van der Waals surface area contributed by atoms with E-state index in [1.54, 1.807) is 72.8 Å². The number of carbonyl (C=O) groups excluding carboxylic acids is 2. The largest absolute Gasteiger partial charge is 0.396 e. The quantitative estimate of drug-likeness (QED) is 0.0921. The number of aliphatic hydroxyl groups excluding tert-OH is 3. The molecule has 2 heterocycles. The van der Waals surface area contributed by atoms with E-state index in [0.29, 0.717) is 71.9 Å². The van der Waals surface area contributed by atoms with Crippen molar-refractivity contribution in [2.24, 2.45) is 29.6 Å². The van der Waals surface area contributed by atoms with E-state index < -0.39 is 66.8 Å². The Morgan fingerprint density at radius 2 is 1.21 bits per heavy atom. The second-order valence-electron chi connectivity index (χ2n) is 19.0. The minimum absolute atomic E-state index is 0.0136. The van der Waals surface area contributed by atoms with Crippen LogP contribution in [-0.2, 0) is 26.5 Å². The lowest BCUT2D eigenvalue weighted by Crippen LogP contribution is -2.54. The number of hydrogen-bond donors (Lipinski definition) is 5. The van der Waals surface area contributed by atoms with E-state index >= 15 is 8.42 Å². The van der Waals surface area contributed by atoms with E-state index in [9.17, 15) is 33.3 Å². The molecular weight excluding hydrogens is 995 g/mol. The standard InChI is InChI=1S/C49H56Cl4N4O9S2/c1-27-13-15-56(16-14-27)67(63,64)44-19-31(25-59)45(35-12-11-33(21-38(35)44)55-49(62)47-41(52)7-4-8-42(47)53)36-22-34(26-60)57(23-28(36)2)68(65,66)43-18-29(24-58)17-30-9-10-32(20-37(30)43)54-48(61)46-39(50)5-3-6-40(46)51/h3-12,20-21,27-29,31,34,36,43-45,58-60H,13-19,22-26H2,1-2H3,(H,54,61)(H,55,62)/t28-,29-,31-,34-,36?,43?,44?,45?/m1/s1. The number of sulfonamides is 2. The lowest BCUT2D eigenvalue weighted by molar-refractivity contribution is 0.0512. The van der Waals surface area contributed by atoms with Crippen molar-refractivity contribution in [2.45, 2.75) is 74.8 Å². The highest BCUT2D eigenvalue weighted by Crippen LogP contribution is 2.54. The van der Waals surface area contributed by atoms with Gasteiger partial charge < -0.3 is 26.0 Å². The third-order valence-corrected chi connectivity index (χ3v) is 20.5. The summed E-state index contributed by atoms with van der Waals surface area (Å²) in [6.07, 6.45) is 2.22. The molecule has 13 nitrogen and oxygen atoms in total. The van der Waals surface area contributed by atoms with Crippen molar-refractivity contribution in [1.29, 1.82) is 0 Å². The van der Waals surface area contributed by atoms with Crippen LogP contribution >= 0.6 is 46.4 Å². The molecule has 0 saturated carbocycles. The number of benzene rings is 4. The number of fused-ring (bicyclic) bond motifs is 2. The van der Waals surface area contributed by atoms with Crippen molar-refractivity contribution in [3.8, 4) is 0 Å². The first kappa shape index (κ1) is 51.0. The third-order valence-electron chi connectivity index (χ3n) is 14.7. The van der Waals surface area contributed by atoms with Crippen LogP contribution in [0.1, 0.15) is 105 Å². The molecule has 68 heavy (non-hydrogen) atoms. The van der Waals surface area contributed by atoms with Gasteiger partial charge in [0.15, 0.2) is 0 Å². The molecule has 5 N–H and O–H groups in total. The van der Waals surface area contributed by atoms with Gasteiger partial charge in [0, 0.05) is 50.3 Å². The average Bonchev–Trinajstić information content (AvgIpc) is 3.30. The smallest absolute Gasteiger partial charge is 0.258 e. The number of piperidine rings is 2. The van der Waals surface area contributed by atoms with Crippen LogP contribution in [0, 0.1) is 29.6 Å². The summed E-state index contributed by atoms with van der Waals surface area (Å²) in [5.74, 6) is -2.81. The van der Waals surface area contributed by atoms with Gasteiger partial charge in [-0.15, -0.1) is 0 Å². The summed E-state index contributed by atoms with van der Waals surface area (Å²) in [7, 11) is -8.23. The summed E-state index contributed by atoms with van der Waals surface area (Å²) in [6, 6.07) is 18.8. The molecule has 4 aliphatic rings.